The third-order valence-corrected chi connectivity index (χ3v) is 7.24. The van der Waals surface area contributed by atoms with Crippen LogP contribution in [0.3, 0.4) is 0 Å². The molecule has 2 aliphatic carbocycles. The van der Waals surface area contributed by atoms with Crippen LogP contribution in [0, 0.1) is 11.6 Å². The standard InChI is InChI=1S/C17H15FO2.C15H11FO.CH2O2/c18-16-3-1-2-12(9-16)13-4-5-14-10-17(11-15(14)8-13)19-6-7-20-17;16-14-3-1-2-10(7-14)11-4-5-12-8-15(17)9-13(12)6-11;2-1-3/h1-5,8-9H,6-7,10-11H2;1-7H,8-9H2;1H,(H,2,3). The monoisotopic (exact) mass is 542 g/mol. The predicted molar refractivity (Wildman–Crippen MR) is 147 cm³/mol. The van der Waals surface area contributed by atoms with E-state index in [2.05, 4.69) is 12.1 Å². The predicted octanol–water partition coefficient (Wildman–Crippen LogP) is 6.20. The minimum Gasteiger partial charge on any atom is -0.483 e. The molecule has 0 bridgehead atoms. The van der Waals surface area contributed by atoms with E-state index in [-0.39, 0.29) is 23.9 Å². The number of benzene rings is 4. The maximum absolute atomic E-state index is 13.3. The molecule has 40 heavy (non-hydrogen) atoms. The van der Waals surface area contributed by atoms with Crippen molar-refractivity contribution in [2.45, 2.75) is 31.5 Å². The van der Waals surface area contributed by atoms with Crippen molar-refractivity contribution in [2.24, 2.45) is 0 Å². The van der Waals surface area contributed by atoms with Crippen molar-refractivity contribution in [3.63, 3.8) is 0 Å². The van der Waals surface area contributed by atoms with Gasteiger partial charge >= 0.3 is 0 Å². The Morgan fingerprint density at radius 3 is 1.70 bits per heavy atom. The highest BCUT2D eigenvalue weighted by atomic mass is 19.1. The highest BCUT2D eigenvalue weighted by Gasteiger charge is 2.42. The molecule has 4 aromatic rings. The Hall–Kier alpha value is -4.20. The van der Waals surface area contributed by atoms with Crippen LogP contribution in [0.2, 0.25) is 0 Å². The van der Waals surface area contributed by atoms with Crippen molar-refractivity contribution >= 4 is 12.3 Å². The van der Waals surface area contributed by atoms with Crippen molar-refractivity contribution in [1.29, 1.82) is 0 Å². The highest BCUT2D eigenvalue weighted by molar-refractivity contribution is 5.88. The summed E-state index contributed by atoms with van der Waals surface area (Å²) in [4.78, 5) is 19.7. The summed E-state index contributed by atoms with van der Waals surface area (Å²) in [5.74, 6) is -0.625. The Morgan fingerprint density at radius 2 is 1.12 bits per heavy atom. The molecule has 0 radical (unpaired) electrons. The number of hydrogen-bond donors (Lipinski definition) is 1. The molecule has 1 spiro atoms. The first kappa shape index (κ1) is 27.4. The van der Waals surface area contributed by atoms with Crippen LogP contribution >= 0.6 is 0 Å². The lowest BCUT2D eigenvalue weighted by molar-refractivity contribution is -0.147. The van der Waals surface area contributed by atoms with E-state index in [0.717, 1.165) is 46.2 Å². The normalized spacial score (nSPS) is 15.9. The fraction of sp³-hybridized carbons (Fsp3) is 0.212. The average molecular weight is 543 g/mol. The van der Waals surface area contributed by atoms with Gasteiger partial charge in [-0.15, -0.1) is 0 Å². The first-order chi connectivity index (χ1) is 19.4. The summed E-state index contributed by atoms with van der Waals surface area (Å²) >= 11 is 0. The van der Waals surface area contributed by atoms with Gasteiger partial charge in [0.05, 0.1) is 13.2 Å². The second kappa shape index (κ2) is 11.9. The fourth-order valence-electron chi connectivity index (χ4n) is 5.45. The smallest absolute Gasteiger partial charge is 0.290 e. The van der Waals surface area contributed by atoms with E-state index >= 15 is 0 Å². The molecule has 0 amide bonds. The molecule has 0 atom stereocenters. The number of hydrogen-bond acceptors (Lipinski definition) is 4. The Labute approximate surface area is 231 Å². The summed E-state index contributed by atoms with van der Waals surface area (Å²) in [6.45, 7) is 1.09. The number of halogens is 2. The Kier molecular flexibility index (Phi) is 8.14. The molecule has 0 saturated carbocycles. The molecule has 3 aliphatic rings. The molecule has 5 nitrogen and oxygen atoms in total. The Bertz CT molecular complexity index is 1540. The van der Waals surface area contributed by atoms with Crippen molar-refractivity contribution in [2.75, 3.05) is 13.2 Å². The van der Waals surface area contributed by atoms with E-state index in [1.807, 2.05) is 36.4 Å². The van der Waals surface area contributed by atoms with Crippen molar-refractivity contribution in [3.8, 4) is 22.3 Å². The first-order valence-electron chi connectivity index (χ1n) is 13.0. The zero-order chi connectivity index (χ0) is 28.1. The number of ketones is 1. The quantitative estimate of drug-likeness (QED) is 0.306. The van der Waals surface area contributed by atoms with Crippen molar-refractivity contribution in [3.05, 3.63) is 119 Å². The van der Waals surface area contributed by atoms with Gasteiger partial charge < -0.3 is 14.6 Å². The zero-order valence-corrected chi connectivity index (χ0v) is 21.7. The maximum Gasteiger partial charge on any atom is 0.290 e. The molecule has 204 valence electrons. The minimum atomic E-state index is -0.442. The van der Waals surface area contributed by atoms with Crippen LogP contribution in [0.5, 0.6) is 0 Å². The molecule has 1 saturated heterocycles. The largest absolute Gasteiger partial charge is 0.483 e. The van der Waals surface area contributed by atoms with Crippen LogP contribution in [0.25, 0.3) is 22.3 Å². The molecule has 0 aromatic heterocycles. The second-order valence-corrected chi connectivity index (χ2v) is 9.95. The first-order valence-corrected chi connectivity index (χ1v) is 13.0. The van der Waals surface area contributed by atoms with Gasteiger partial charge in [-0.25, -0.2) is 8.78 Å². The molecule has 1 aliphatic heterocycles. The lowest BCUT2D eigenvalue weighted by Gasteiger charge is -2.20. The topological polar surface area (TPSA) is 72.8 Å². The fourth-order valence-corrected chi connectivity index (χ4v) is 5.45. The van der Waals surface area contributed by atoms with E-state index in [9.17, 15) is 13.6 Å². The number of carbonyl (C=O) groups is 2. The molecule has 0 unspecified atom stereocenters. The molecule has 1 fully saturated rings. The maximum atomic E-state index is 13.3. The van der Waals surface area contributed by atoms with Gasteiger partial charge in [0.25, 0.3) is 6.47 Å². The number of rotatable bonds is 2. The lowest BCUT2D eigenvalue weighted by Crippen LogP contribution is -2.30. The Balaban J connectivity index is 0.000000149. The van der Waals surface area contributed by atoms with Crippen LogP contribution in [0.4, 0.5) is 8.78 Å². The summed E-state index contributed by atoms with van der Waals surface area (Å²) in [5.41, 5.74) is 8.47. The molecule has 4 aromatic carbocycles. The van der Waals surface area contributed by atoms with Crippen molar-refractivity contribution < 1.29 is 33.0 Å². The summed E-state index contributed by atoms with van der Waals surface area (Å²) in [6, 6.07) is 25.4. The third kappa shape index (κ3) is 6.17. The van der Waals surface area contributed by atoms with Crippen molar-refractivity contribution in [1.82, 2.24) is 0 Å². The molecule has 7 heteroatoms. The van der Waals surface area contributed by atoms with Crippen LogP contribution in [0.15, 0.2) is 84.9 Å². The number of fused-ring (bicyclic) bond motifs is 2. The van der Waals surface area contributed by atoms with E-state index in [1.165, 1.54) is 29.3 Å². The van der Waals surface area contributed by atoms with Gasteiger partial charge in [-0.3, -0.25) is 9.59 Å². The number of Topliss-reactive ketones (excluding diaryl/α,β-unsaturated/α-hetero) is 1. The molecule has 7 rings (SSSR count). The van der Waals surface area contributed by atoms with Crippen LogP contribution < -0.4 is 0 Å². The van der Waals surface area contributed by atoms with Crippen LogP contribution in [0.1, 0.15) is 22.3 Å². The zero-order valence-electron chi connectivity index (χ0n) is 21.7. The van der Waals surface area contributed by atoms with Crippen LogP contribution in [-0.4, -0.2) is 36.4 Å². The van der Waals surface area contributed by atoms with Gasteiger partial charge in [-0.1, -0.05) is 60.7 Å². The summed E-state index contributed by atoms with van der Waals surface area (Å²) in [7, 11) is 0. The molecule has 1 heterocycles. The summed E-state index contributed by atoms with van der Waals surface area (Å²) in [5, 5.41) is 6.89. The molecule has 1 N–H and O–H groups in total. The van der Waals surface area contributed by atoms with Gasteiger partial charge in [0.2, 0.25) is 0 Å². The van der Waals surface area contributed by atoms with Gasteiger partial charge in [-0.05, 0) is 68.8 Å². The second-order valence-electron chi connectivity index (χ2n) is 9.95. The van der Waals surface area contributed by atoms with E-state index in [1.54, 1.807) is 18.2 Å². The third-order valence-electron chi connectivity index (χ3n) is 7.24. The van der Waals surface area contributed by atoms with Gasteiger partial charge in [0.15, 0.2) is 5.79 Å². The number of carboxylic acid groups (broad SMARTS) is 1. The van der Waals surface area contributed by atoms with Crippen LogP contribution in [-0.2, 0) is 44.7 Å². The van der Waals surface area contributed by atoms with Gasteiger partial charge in [0, 0.05) is 25.7 Å². The van der Waals surface area contributed by atoms with E-state index < -0.39 is 5.79 Å². The van der Waals surface area contributed by atoms with Gasteiger partial charge in [0.1, 0.15) is 17.4 Å². The summed E-state index contributed by atoms with van der Waals surface area (Å²) < 4.78 is 38.0. The Morgan fingerprint density at radius 1 is 0.650 bits per heavy atom. The highest BCUT2D eigenvalue weighted by Crippen LogP contribution is 2.38. The SMILES string of the molecule is Fc1cccc(-c2ccc3c(c2)CC2(C3)OCCO2)c1.O=C1Cc2ccc(-c3cccc(F)c3)cc2C1.O=CO. The van der Waals surface area contributed by atoms with E-state index in [0.29, 0.717) is 26.1 Å². The minimum absolute atomic E-state index is 0.207. The molecular formula is C33H28F2O5. The van der Waals surface area contributed by atoms with Gasteiger partial charge in [-0.2, -0.15) is 0 Å². The molecular weight excluding hydrogens is 514 g/mol. The number of carbonyl (C=O) groups excluding carboxylic acids is 1. The average Bonchev–Trinajstić information content (AvgIpc) is 3.65. The number of ether oxygens (including phenoxy) is 2. The lowest BCUT2D eigenvalue weighted by atomic mass is 10.0. The van der Waals surface area contributed by atoms with E-state index in [4.69, 9.17) is 19.4 Å². The summed E-state index contributed by atoms with van der Waals surface area (Å²) in [6.07, 6.45) is 2.65.